The molecule has 0 saturated heterocycles. The summed E-state index contributed by atoms with van der Waals surface area (Å²) in [6, 6.07) is 0. The summed E-state index contributed by atoms with van der Waals surface area (Å²) >= 11 is 0. The third-order valence-electron chi connectivity index (χ3n) is 1.86. The Bertz CT molecular complexity index is 214. The molecule has 0 spiro atoms. The first kappa shape index (κ1) is 11.2. The molecule has 0 N–H and O–H groups in total. The van der Waals surface area contributed by atoms with Crippen LogP contribution in [-0.4, -0.2) is 5.78 Å². The van der Waals surface area contributed by atoms with E-state index in [4.69, 9.17) is 0 Å². The third-order valence-corrected chi connectivity index (χ3v) is 1.86. The van der Waals surface area contributed by atoms with Crippen molar-refractivity contribution >= 4 is 5.78 Å². The van der Waals surface area contributed by atoms with Crippen LogP contribution in [0.5, 0.6) is 0 Å². The van der Waals surface area contributed by atoms with Crippen LogP contribution in [-0.2, 0) is 4.79 Å². The van der Waals surface area contributed by atoms with Crippen molar-refractivity contribution in [1.29, 1.82) is 0 Å². The molecule has 1 nitrogen and oxygen atoms in total. The van der Waals surface area contributed by atoms with E-state index in [1.165, 1.54) is 5.57 Å². The normalized spacial score (nSPS) is 13.9. The number of carbonyl (C=O) groups is 1. The van der Waals surface area contributed by atoms with Gasteiger partial charge in [0.15, 0.2) is 5.78 Å². The van der Waals surface area contributed by atoms with Gasteiger partial charge in [-0.1, -0.05) is 38.5 Å². The van der Waals surface area contributed by atoms with E-state index in [1.54, 1.807) is 13.0 Å². The van der Waals surface area contributed by atoms with E-state index < -0.39 is 0 Å². The van der Waals surface area contributed by atoms with Crippen LogP contribution in [0.1, 0.15) is 34.6 Å². The topological polar surface area (TPSA) is 17.1 Å². The Morgan fingerprint density at radius 1 is 1.17 bits per heavy atom. The molecular formula is C11H18O. The van der Waals surface area contributed by atoms with Gasteiger partial charge in [-0.3, -0.25) is 4.79 Å². The van der Waals surface area contributed by atoms with E-state index in [0.29, 0.717) is 0 Å². The quantitative estimate of drug-likeness (QED) is 0.455. The first-order chi connectivity index (χ1) is 5.34. The summed E-state index contributed by atoms with van der Waals surface area (Å²) < 4.78 is 0. The van der Waals surface area contributed by atoms with Gasteiger partial charge in [-0.2, -0.15) is 0 Å². The number of hydrogen-bond acceptors (Lipinski definition) is 1. The molecule has 0 aromatic rings. The summed E-state index contributed by atoms with van der Waals surface area (Å²) in [4.78, 5) is 10.6. The molecule has 0 aliphatic rings. The number of hydrogen-bond donors (Lipinski definition) is 0. The van der Waals surface area contributed by atoms with Crippen molar-refractivity contribution in [2.75, 3.05) is 0 Å². The number of ketones is 1. The molecule has 0 heterocycles. The van der Waals surface area contributed by atoms with Crippen LogP contribution in [0.15, 0.2) is 23.8 Å². The third kappa shape index (κ3) is 4.89. The summed E-state index contributed by atoms with van der Waals surface area (Å²) in [6.07, 6.45) is 5.37. The fraction of sp³-hybridized carbons (Fsp3) is 0.545. The standard InChI is InChI=1S/C11H18O/c1-9(11(3,4)5)7-6-8-10(2)12/h6-8H,1-5H3/b8-6+,9-7+. The highest BCUT2D eigenvalue weighted by Gasteiger charge is 2.10. The molecule has 68 valence electrons. The predicted octanol–water partition coefficient (Wildman–Crippen LogP) is 3.12. The van der Waals surface area contributed by atoms with Crippen LogP contribution in [0, 0.1) is 5.41 Å². The Kier molecular flexibility index (Phi) is 3.94. The van der Waals surface area contributed by atoms with Crippen molar-refractivity contribution in [1.82, 2.24) is 0 Å². The molecule has 0 aromatic heterocycles. The van der Waals surface area contributed by atoms with Crippen LogP contribution in [0.3, 0.4) is 0 Å². The molecule has 0 atom stereocenters. The highest BCUT2D eigenvalue weighted by atomic mass is 16.1. The molecule has 0 aromatic carbocycles. The molecule has 0 bridgehead atoms. The summed E-state index contributed by atoms with van der Waals surface area (Å²) in [7, 11) is 0. The molecular weight excluding hydrogens is 148 g/mol. The van der Waals surface area contributed by atoms with Gasteiger partial charge >= 0.3 is 0 Å². The lowest BCUT2D eigenvalue weighted by Gasteiger charge is -2.18. The lowest BCUT2D eigenvalue weighted by molar-refractivity contribution is -0.112. The van der Waals surface area contributed by atoms with Gasteiger partial charge in [-0.05, 0) is 25.3 Å². The van der Waals surface area contributed by atoms with E-state index >= 15 is 0 Å². The van der Waals surface area contributed by atoms with Crippen molar-refractivity contribution in [3.8, 4) is 0 Å². The monoisotopic (exact) mass is 166 g/mol. The second-order valence-corrected chi connectivity index (χ2v) is 4.07. The summed E-state index contributed by atoms with van der Waals surface area (Å²) in [5, 5.41) is 0. The molecule has 0 aliphatic carbocycles. The molecule has 0 unspecified atom stereocenters. The molecule has 0 fully saturated rings. The highest BCUT2D eigenvalue weighted by Crippen LogP contribution is 2.23. The van der Waals surface area contributed by atoms with Crippen molar-refractivity contribution in [2.24, 2.45) is 5.41 Å². The van der Waals surface area contributed by atoms with Crippen molar-refractivity contribution in [3.05, 3.63) is 23.8 Å². The van der Waals surface area contributed by atoms with Crippen LogP contribution < -0.4 is 0 Å². The fourth-order valence-corrected chi connectivity index (χ4v) is 0.578. The Morgan fingerprint density at radius 3 is 2.00 bits per heavy atom. The fourth-order valence-electron chi connectivity index (χ4n) is 0.578. The maximum Gasteiger partial charge on any atom is 0.152 e. The van der Waals surface area contributed by atoms with Gasteiger partial charge in [-0.25, -0.2) is 0 Å². The summed E-state index contributed by atoms with van der Waals surface area (Å²) in [5.74, 6) is 0.0907. The van der Waals surface area contributed by atoms with Crippen molar-refractivity contribution < 1.29 is 4.79 Å². The Hall–Kier alpha value is -0.850. The van der Waals surface area contributed by atoms with Gasteiger partial charge < -0.3 is 0 Å². The van der Waals surface area contributed by atoms with Crippen LogP contribution in [0.25, 0.3) is 0 Å². The minimum absolute atomic E-state index is 0.0907. The molecule has 0 radical (unpaired) electrons. The first-order valence-electron chi connectivity index (χ1n) is 4.20. The van der Waals surface area contributed by atoms with Crippen molar-refractivity contribution in [2.45, 2.75) is 34.6 Å². The van der Waals surface area contributed by atoms with Crippen LogP contribution in [0.4, 0.5) is 0 Å². The van der Waals surface area contributed by atoms with Gasteiger partial charge in [0.25, 0.3) is 0 Å². The Morgan fingerprint density at radius 2 is 1.67 bits per heavy atom. The zero-order chi connectivity index (χ0) is 9.78. The largest absolute Gasteiger partial charge is 0.295 e. The zero-order valence-corrected chi connectivity index (χ0v) is 8.64. The number of allylic oxidation sites excluding steroid dienone is 4. The van der Waals surface area contributed by atoms with Gasteiger partial charge in [0.1, 0.15) is 0 Å². The van der Waals surface area contributed by atoms with E-state index in [9.17, 15) is 4.79 Å². The average Bonchev–Trinajstić information content (AvgIpc) is 1.84. The zero-order valence-electron chi connectivity index (χ0n) is 8.64. The van der Waals surface area contributed by atoms with Gasteiger partial charge in [0.05, 0.1) is 0 Å². The summed E-state index contributed by atoms with van der Waals surface area (Å²) in [5.41, 5.74) is 1.47. The second kappa shape index (κ2) is 4.24. The average molecular weight is 166 g/mol. The molecule has 0 aliphatic heterocycles. The van der Waals surface area contributed by atoms with Gasteiger partial charge in [-0.15, -0.1) is 0 Å². The number of carbonyl (C=O) groups excluding carboxylic acids is 1. The minimum Gasteiger partial charge on any atom is -0.295 e. The van der Waals surface area contributed by atoms with Crippen LogP contribution in [0.2, 0.25) is 0 Å². The number of rotatable bonds is 2. The van der Waals surface area contributed by atoms with E-state index in [1.807, 2.05) is 12.2 Å². The van der Waals surface area contributed by atoms with E-state index in [2.05, 4.69) is 27.7 Å². The molecule has 0 rings (SSSR count). The smallest absolute Gasteiger partial charge is 0.152 e. The summed E-state index contributed by atoms with van der Waals surface area (Å²) in [6.45, 7) is 10.1. The first-order valence-corrected chi connectivity index (χ1v) is 4.20. The lowest BCUT2D eigenvalue weighted by atomic mass is 9.87. The second-order valence-electron chi connectivity index (χ2n) is 4.07. The molecule has 1 heteroatoms. The Balaban J connectivity index is 4.29. The highest BCUT2D eigenvalue weighted by molar-refractivity contribution is 5.87. The van der Waals surface area contributed by atoms with E-state index in [0.717, 1.165) is 0 Å². The van der Waals surface area contributed by atoms with E-state index in [-0.39, 0.29) is 11.2 Å². The molecule has 0 saturated carbocycles. The maximum absolute atomic E-state index is 10.6. The minimum atomic E-state index is 0.0907. The van der Waals surface area contributed by atoms with Gasteiger partial charge in [0.2, 0.25) is 0 Å². The molecule has 0 amide bonds. The molecule has 12 heavy (non-hydrogen) atoms. The Labute approximate surface area is 75.2 Å². The maximum atomic E-state index is 10.6. The SMILES string of the molecule is CC(=O)/C=C/C=C(\C)C(C)(C)C. The van der Waals surface area contributed by atoms with Crippen LogP contribution >= 0.6 is 0 Å². The van der Waals surface area contributed by atoms with Crippen molar-refractivity contribution in [3.63, 3.8) is 0 Å². The predicted molar refractivity (Wildman–Crippen MR) is 53.0 cm³/mol. The lowest BCUT2D eigenvalue weighted by Crippen LogP contribution is -2.05. The van der Waals surface area contributed by atoms with Gasteiger partial charge in [0, 0.05) is 0 Å².